The predicted molar refractivity (Wildman–Crippen MR) is 143 cm³/mol. The Bertz CT molecular complexity index is 1460. The highest BCUT2D eigenvalue weighted by atomic mass is 35.5. The van der Waals surface area contributed by atoms with Crippen molar-refractivity contribution < 1.29 is 37.1 Å². The maximum absolute atomic E-state index is 13.8. The van der Waals surface area contributed by atoms with E-state index in [0.717, 1.165) is 16.4 Å². The van der Waals surface area contributed by atoms with Gasteiger partial charge in [0.1, 0.15) is 19.0 Å². The second kappa shape index (κ2) is 12.8. The standard InChI is InChI=1S/C25H22Cl2N2O9S/c1-16(14-37-25(31)38-22-9-7-21(8-10-22)29(32)33)28(39(34,35)23-11-5-19(26)6-12-23)24-13-20(27)4-3-18(24)15-36-17(2)30/h3-13,16H,14-15H2,1-2H3. The lowest BCUT2D eigenvalue weighted by Crippen LogP contribution is -2.42. The van der Waals surface area contributed by atoms with Gasteiger partial charge in [-0.2, -0.15) is 0 Å². The Kier molecular flexibility index (Phi) is 9.73. The third-order valence-corrected chi connectivity index (χ3v) is 7.61. The van der Waals surface area contributed by atoms with Gasteiger partial charge in [0.25, 0.3) is 15.7 Å². The molecule has 3 aromatic carbocycles. The zero-order chi connectivity index (χ0) is 28.7. The number of benzene rings is 3. The Morgan fingerprint density at radius 3 is 2.18 bits per heavy atom. The molecule has 14 heteroatoms. The molecule has 0 amide bonds. The van der Waals surface area contributed by atoms with Crippen molar-refractivity contribution in [2.24, 2.45) is 0 Å². The number of non-ortho nitro benzene ring substituents is 1. The van der Waals surface area contributed by atoms with Crippen LogP contribution in [0.2, 0.25) is 10.0 Å². The maximum atomic E-state index is 13.8. The van der Waals surface area contributed by atoms with E-state index in [-0.39, 0.29) is 33.6 Å². The van der Waals surface area contributed by atoms with Gasteiger partial charge in [-0.15, -0.1) is 0 Å². The van der Waals surface area contributed by atoms with Crippen molar-refractivity contribution in [1.82, 2.24) is 0 Å². The molecule has 3 aromatic rings. The Morgan fingerprint density at radius 2 is 1.59 bits per heavy atom. The number of carbonyl (C=O) groups is 2. The van der Waals surface area contributed by atoms with Crippen molar-refractivity contribution in [3.8, 4) is 5.75 Å². The summed E-state index contributed by atoms with van der Waals surface area (Å²) in [5.74, 6) is -0.587. The van der Waals surface area contributed by atoms with Crippen LogP contribution in [0.5, 0.6) is 5.75 Å². The molecule has 0 fully saturated rings. The molecular weight excluding hydrogens is 575 g/mol. The molecule has 0 radical (unpaired) electrons. The number of anilines is 1. The van der Waals surface area contributed by atoms with Crippen LogP contribution in [-0.4, -0.2) is 38.1 Å². The van der Waals surface area contributed by atoms with Crippen LogP contribution in [0.25, 0.3) is 0 Å². The molecular formula is C25H22Cl2N2O9S. The summed E-state index contributed by atoms with van der Waals surface area (Å²) in [6, 6.07) is 13.6. The van der Waals surface area contributed by atoms with E-state index in [1.54, 1.807) is 0 Å². The molecule has 1 atom stereocenters. The predicted octanol–water partition coefficient (Wildman–Crippen LogP) is 5.76. The zero-order valence-corrected chi connectivity index (χ0v) is 22.9. The minimum Gasteiger partial charge on any atom is -0.461 e. The third kappa shape index (κ3) is 7.82. The molecule has 0 heterocycles. The smallest absolute Gasteiger partial charge is 0.461 e. The van der Waals surface area contributed by atoms with E-state index in [0.29, 0.717) is 10.6 Å². The summed E-state index contributed by atoms with van der Waals surface area (Å²) < 4.78 is 43.9. The molecule has 0 N–H and O–H groups in total. The molecule has 39 heavy (non-hydrogen) atoms. The van der Waals surface area contributed by atoms with E-state index < -0.39 is 39.7 Å². The number of nitro groups is 1. The Balaban J connectivity index is 1.91. The van der Waals surface area contributed by atoms with Crippen LogP contribution in [0.15, 0.2) is 71.6 Å². The third-order valence-electron chi connectivity index (χ3n) is 5.18. The summed E-state index contributed by atoms with van der Waals surface area (Å²) in [6.07, 6.45) is -1.16. The second-order valence-corrected chi connectivity index (χ2v) is 10.8. The van der Waals surface area contributed by atoms with Crippen LogP contribution >= 0.6 is 23.2 Å². The highest BCUT2D eigenvalue weighted by Gasteiger charge is 2.32. The molecule has 206 valence electrons. The maximum Gasteiger partial charge on any atom is 0.513 e. The lowest BCUT2D eigenvalue weighted by Gasteiger charge is -2.32. The summed E-state index contributed by atoms with van der Waals surface area (Å²) in [5.41, 5.74) is 0.226. The molecule has 0 aliphatic carbocycles. The van der Waals surface area contributed by atoms with Gasteiger partial charge in [-0.25, -0.2) is 13.2 Å². The van der Waals surface area contributed by atoms with Gasteiger partial charge in [-0.05, 0) is 55.5 Å². The Morgan fingerprint density at radius 1 is 0.974 bits per heavy atom. The van der Waals surface area contributed by atoms with Crippen LogP contribution in [0.3, 0.4) is 0 Å². The lowest BCUT2D eigenvalue weighted by atomic mass is 10.1. The molecule has 3 rings (SSSR count). The molecule has 0 aliphatic heterocycles. The average molecular weight is 597 g/mol. The van der Waals surface area contributed by atoms with Crippen molar-refractivity contribution in [3.63, 3.8) is 0 Å². The monoisotopic (exact) mass is 596 g/mol. The van der Waals surface area contributed by atoms with Crippen LogP contribution in [0, 0.1) is 10.1 Å². The summed E-state index contributed by atoms with van der Waals surface area (Å²) in [6.45, 7) is 2.00. The van der Waals surface area contributed by atoms with Gasteiger partial charge < -0.3 is 14.2 Å². The molecule has 1 unspecified atom stereocenters. The van der Waals surface area contributed by atoms with E-state index in [2.05, 4.69) is 0 Å². The van der Waals surface area contributed by atoms with Crippen molar-refractivity contribution in [2.75, 3.05) is 10.9 Å². The molecule has 0 spiro atoms. The average Bonchev–Trinajstić information content (AvgIpc) is 2.87. The fourth-order valence-corrected chi connectivity index (χ4v) is 5.35. The Labute approximate surface area is 234 Å². The topological polar surface area (TPSA) is 142 Å². The molecule has 0 bridgehead atoms. The van der Waals surface area contributed by atoms with Gasteiger partial charge in [0.15, 0.2) is 0 Å². The number of nitrogens with zero attached hydrogens (tertiary/aromatic N) is 2. The fraction of sp³-hybridized carbons (Fsp3) is 0.200. The van der Waals surface area contributed by atoms with Gasteiger partial charge in [0, 0.05) is 34.7 Å². The van der Waals surface area contributed by atoms with E-state index in [9.17, 15) is 28.1 Å². The minimum absolute atomic E-state index is 0.0117. The van der Waals surface area contributed by atoms with Crippen LogP contribution < -0.4 is 9.04 Å². The van der Waals surface area contributed by atoms with Gasteiger partial charge in [0.2, 0.25) is 0 Å². The molecule has 11 nitrogen and oxygen atoms in total. The van der Waals surface area contributed by atoms with Crippen LogP contribution in [-0.2, 0) is 30.9 Å². The van der Waals surface area contributed by atoms with Crippen molar-refractivity contribution in [2.45, 2.75) is 31.4 Å². The van der Waals surface area contributed by atoms with E-state index in [4.69, 9.17) is 37.4 Å². The summed E-state index contributed by atoms with van der Waals surface area (Å²) in [5, 5.41) is 11.3. The number of esters is 1. The SMILES string of the molecule is CC(=O)OCc1ccc(Cl)cc1N(C(C)COC(=O)Oc1ccc([N+](=O)[O-])cc1)S(=O)(=O)c1ccc(Cl)cc1. The van der Waals surface area contributed by atoms with E-state index >= 15 is 0 Å². The number of halogens is 2. The Hall–Kier alpha value is -3.87. The minimum atomic E-state index is -4.29. The number of rotatable bonds is 10. The highest BCUT2D eigenvalue weighted by Crippen LogP contribution is 2.33. The van der Waals surface area contributed by atoms with Crippen molar-refractivity contribution >= 4 is 56.7 Å². The number of sulfonamides is 1. The van der Waals surface area contributed by atoms with Gasteiger partial charge in [-0.1, -0.05) is 29.3 Å². The van der Waals surface area contributed by atoms with Gasteiger partial charge in [0.05, 0.1) is 21.5 Å². The number of hydrogen-bond donors (Lipinski definition) is 0. The first-order valence-electron chi connectivity index (χ1n) is 11.2. The molecule has 0 aromatic heterocycles. The highest BCUT2D eigenvalue weighted by molar-refractivity contribution is 7.92. The summed E-state index contributed by atoms with van der Waals surface area (Å²) >= 11 is 12.1. The van der Waals surface area contributed by atoms with Gasteiger partial charge in [-0.3, -0.25) is 19.2 Å². The quantitative estimate of drug-likeness (QED) is 0.123. The fourth-order valence-electron chi connectivity index (χ4n) is 3.39. The van der Waals surface area contributed by atoms with Crippen LogP contribution in [0.4, 0.5) is 16.2 Å². The first kappa shape index (κ1) is 29.7. The van der Waals surface area contributed by atoms with E-state index in [1.165, 1.54) is 68.4 Å². The summed E-state index contributed by atoms with van der Waals surface area (Å²) in [4.78, 5) is 33.8. The number of nitro benzene ring substituents is 1. The van der Waals surface area contributed by atoms with Gasteiger partial charge >= 0.3 is 12.1 Å². The summed E-state index contributed by atoms with van der Waals surface area (Å²) in [7, 11) is -4.29. The van der Waals surface area contributed by atoms with Crippen molar-refractivity contribution in [3.05, 3.63) is 92.5 Å². The second-order valence-electron chi connectivity index (χ2n) is 8.07. The van der Waals surface area contributed by atoms with Crippen LogP contribution in [0.1, 0.15) is 19.4 Å². The first-order valence-corrected chi connectivity index (χ1v) is 13.4. The number of hydrogen-bond acceptors (Lipinski definition) is 9. The zero-order valence-electron chi connectivity index (χ0n) is 20.6. The molecule has 0 saturated carbocycles. The molecule has 0 saturated heterocycles. The number of ether oxygens (including phenoxy) is 3. The van der Waals surface area contributed by atoms with E-state index in [1.807, 2.05) is 0 Å². The first-order chi connectivity index (χ1) is 18.4. The number of carbonyl (C=O) groups excluding carboxylic acids is 2. The largest absolute Gasteiger partial charge is 0.513 e. The normalized spacial score (nSPS) is 11.8. The van der Waals surface area contributed by atoms with Crippen molar-refractivity contribution in [1.29, 1.82) is 0 Å². The lowest BCUT2D eigenvalue weighted by molar-refractivity contribution is -0.384. The molecule has 0 aliphatic rings.